The van der Waals surface area contributed by atoms with Gasteiger partial charge in [-0.15, -0.1) is 11.3 Å². The zero-order valence-corrected chi connectivity index (χ0v) is 17.3. The van der Waals surface area contributed by atoms with Crippen molar-refractivity contribution in [1.82, 2.24) is 4.57 Å². The number of rotatable bonds is 4. The van der Waals surface area contributed by atoms with Crippen LogP contribution in [0.3, 0.4) is 0 Å². The Balaban J connectivity index is 1.55. The average Bonchev–Trinajstić information content (AvgIpc) is 3.47. The van der Waals surface area contributed by atoms with Crippen LogP contribution in [0.1, 0.15) is 34.8 Å². The fourth-order valence-electron chi connectivity index (χ4n) is 4.44. The lowest BCUT2D eigenvalue weighted by Gasteiger charge is -2.33. The number of benzene rings is 2. The first kappa shape index (κ1) is 18.7. The van der Waals surface area contributed by atoms with Gasteiger partial charge in [-0.3, -0.25) is 4.79 Å². The Kier molecular flexibility index (Phi) is 4.86. The third-order valence-corrected chi connectivity index (χ3v) is 6.90. The lowest BCUT2D eigenvalue weighted by atomic mass is 10.0. The van der Waals surface area contributed by atoms with E-state index in [9.17, 15) is 10.1 Å². The number of nitrogens with zero attached hydrogens (tertiary/aromatic N) is 3. The lowest BCUT2D eigenvalue weighted by molar-refractivity contribution is 0.112. The molecule has 0 radical (unpaired) electrons. The van der Waals surface area contributed by atoms with Crippen molar-refractivity contribution in [2.45, 2.75) is 18.9 Å². The minimum absolute atomic E-state index is 0.388. The number of hydrogen-bond acceptors (Lipinski definition) is 4. The molecule has 1 saturated heterocycles. The molecule has 0 unspecified atom stereocenters. The van der Waals surface area contributed by atoms with Crippen LogP contribution in [-0.4, -0.2) is 23.9 Å². The number of aromatic nitrogens is 1. The first-order valence-electron chi connectivity index (χ1n) is 10.2. The molecule has 2 aromatic heterocycles. The minimum atomic E-state index is 0.388. The zero-order chi connectivity index (χ0) is 20.5. The van der Waals surface area contributed by atoms with E-state index >= 15 is 0 Å². The normalized spacial score (nSPS) is 14.7. The summed E-state index contributed by atoms with van der Waals surface area (Å²) < 4.78 is 2.35. The molecule has 4 nitrogen and oxygen atoms in total. The first-order chi connectivity index (χ1) is 14.8. The maximum Gasteiger partial charge on any atom is 0.150 e. The molecule has 0 aliphatic carbocycles. The second-order valence-electron chi connectivity index (χ2n) is 7.71. The molecule has 1 aliphatic heterocycles. The quantitative estimate of drug-likeness (QED) is 0.393. The number of hydrogen-bond donors (Lipinski definition) is 0. The number of carbonyl (C=O) groups excluding carboxylic acids is 1. The van der Waals surface area contributed by atoms with Gasteiger partial charge in [0.05, 0.1) is 16.6 Å². The van der Waals surface area contributed by atoms with Gasteiger partial charge in [0.2, 0.25) is 0 Å². The highest BCUT2D eigenvalue weighted by molar-refractivity contribution is 7.14. The molecule has 0 amide bonds. The van der Waals surface area contributed by atoms with E-state index in [4.69, 9.17) is 0 Å². The molecule has 0 spiro atoms. The van der Waals surface area contributed by atoms with Crippen molar-refractivity contribution in [3.63, 3.8) is 0 Å². The van der Waals surface area contributed by atoms with Crippen LogP contribution in [0.2, 0.25) is 0 Å². The minimum Gasteiger partial charge on any atom is -0.363 e. The van der Waals surface area contributed by atoms with E-state index in [1.165, 1.54) is 5.00 Å². The first-order valence-corrected chi connectivity index (χ1v) is 11.0. The van der Waals surface area contributed by atoms with E-state index in [2.05, 4.69) is 39.2 Å². The van der Waals surface area contributed by atoms with E-state index in [-0.39, 0.29) is 0 Å². The Hall–Kier alpha value is -3.36. The van der Waals surface area contributed by atoms with Crippen LogP contribution < -0.4 is 4.90 Å². The number of aldehydes is 1. The Labute approximate surface area is 179 Å². The SMILES string of the molecule is N#Cc1cccc(-c2cn(C3CCN(c4cccs4)CC3)c3cc(C=O)ccc23)c1. The van der Waals surface area contributed by atoms with Crippen molar-refractivity contribution in [3.8, 4) is 17.2 Å². The highest BCUT2D eigenvalue weighted by atomic mass is 32.1. The largest absolute Gasteiger partial charge is 0.363 e. The second-order valence-corrected chi connectivity index (χ2v) is 8.63. The van der Waals surface area contributed by atoms with Crippen molar-refractivity contribution in [2.24, 2.45) is 0 Å². The van der Waals surface area contributed by atoms with Crippen LogP contribution in [0, 0.1) is 11.3 Å². The van der Waals surface area contributed by atoms with Gasteiger partial charge >= 0.3 is 0 Å². The van der Waals surface area contributed by atoms with Gasteiger partial charge < -0.3 is 9.47 Å². The molecule has 5 rings (SSSR count). The maximum absolute atomic E-state index is 11.4. The van der Waals surface area contributed by atoms with Gasteiger partial charge in [0.1, 0.15) is 6.29 Å². The Bertz CT molecular complexity index is 1240. The Morgan fingerprint density at radius 1 is 1.07 bits per heavy atom. The average molecular weight is 412 g/mol. The van der Waals surface area contributed by atoms with Crippen molar-refractivity contribution in [3.05, 3.63) is 77.3 Å². The molecule has 0 atom stereocenters. The van der Waals surface area contributed by atoms with E-state index in [0.717, 1.165) is 54.2 Å². The molecule has 1 fully saturated rings. The highest BCUT2D eigenvalue weighted by Gasteiger charge is 2.23. The van der Waals surface area contributed by atoms with Crippen LogP contribution >= 0.6 is 11.3 Å². The van der Waals surface area contributed by atoms with Gasteiger partial charge in [0, 0.05) is 47.4 Å². The molecule has 5 heteroatoms. The molecule has 30 heavy (non-hydrogen) atoms. The molecule has 0 saturated carbocycles. The van der Waals surface area contributed by atoms with Gasteiger partial charge in [0.15, 0.2) is 0 Å². The monoisotopic (exact) mass is 411 g/mol. The second kappa shape index (κ2) is 7.81. The van der Waals surface area contributed by atoms with Gasteiger partial charge in [0.25, 0.3) is 0 Å². The van der Waals surface area contributed by atoms with Crippen LogP contribution in [0.5, 0.6) is 0 Å². The molecular formula is C25H21N3OS. The highest BCUT2D eigenvalue weighted by Crippen LogP contribution is 2.37. The Morgan fingerprint density at radius 3 is 2.67 bits per heavy atom. The predicted molar refractivity (Wildman–Crippen MR) is 122 cm³/mol. The Morgan fingerprint density at radius 2 is 1.93 bits per heavy atom. The van der Waals surface area contributed by atoms with Crippen molar-refractivity contribution >= 4 is 33.5 Å². The molecule has 0 N–H and O–H groups in total. The number of anilines is 1. The van der Waals surface area contributed by atoms with Crippen molar-refractivity contribution < 1.29 is 4.79 Å². The van der Waals surface area contributed by atoms with E-state index in [1.807, 2.05) is 42.5 Å². The molecule has 4 aromatic rings. The van der Waals surface area contributed by atoms with Gasteiger partial charge in [-0.1, -0.05) is 24.3 Å². The number of thiophene rings is 1. The van der Waals surface area contributed by atoms with Crippen LogP contribution in [0.15, 0.2) is 66.2 Å². The fourth-order valence-corrected chi connectivity index (χ4v) is 5.23. The summed E-state index contributed by atoms with van der Waals surface area (Å²) in [6, 6.07) is 20.5. The summed E-state index contributed by atoms with van der Waals surface area (Å²) in [6.07, 6.45) is 5.24. The van der Waals surface area contributed by atoms with Crippen molar-refractivity contribution in [1.29, 1.82) is 5.26 Å². The van der Waals surface area contributed by atoms with Crippen LogP contribution in [-0.2, 0) is 0 Å². The third kappa shape index (κ3) is 3.30. The molecular weight excluding hydrogens is 390 g/mol. The standard InChI is InChI=1S/C25H21N3OS/c26-15-18-3-1-4-20(13-18)23-16-28(24-14-19(17-29)6-7-22(23)24)21-8-10-27(11-9-21)25-5-2-12-30-25/h1-7,12-14,16-17,21H,8-11H2. The van der Waals surface area contributed by atoms with Crippen LogP contribution in [0.4, 0.5) is 5.00 Å². The molecule has 3 heterocycles. The maximum atomic E-state index is 11.4. The number of nitriles is 1. The summed E-state index contributed by atoms with van der Waals surface area (Å²) in [5.74, 6) is 0. The number of carbonyl (C=O) groups is 1. The third-order valence-electron chi connectivity index (χ3n) is 5.97. The van der Waals surface area contributed by atoms with Gasteiger partial charge in [-0.2, -0.15) is 5.26 Å². The molecule has 148 valence electrons. The topological polar surface area (TPSA) is 49.0 Å². The predicted octanol–water partition coefficient (Wildman–Crippen LogP) is 5.90. The fraction of sp³-hybridized carbons (Fsp3) is 0.200. The zero-order valence-electron chi connectivity index (χ0n) is 16.5. The summed E-state index contributed by atoms with van der Waals surface area (Å²) in [7, 11) is 0. The summed E-state index contributed by atoms with van der Waals surface area (Å²) in [5, 5.41) is 13.9. The van der Waals surface area contributed by atoms with Gasteiger partial charge in [-0.25, -0.2) is 0 Å². The smallest absolute Gasteiger partial charge is 0.150 e. The summed E-state index contributed by atoms with van der Waals surface area (Å²) in [5.41, 5.74) is 4.58. The summed E-state index contributed by atoms with van der Waals surface area (Å²) >= 11 is 1.79. The molecule has 1 aliphatic rings. The van der Waals surface area contributed by atoms with Crippen LogP contribution in [0.25, 0.3) is 22.0 Å². The number of fused-ring (bicyclic) bond motifs is 1. The van der Waals surface area contributed by atoms with Crippen molar-refractivity contribution in [2.75, 3.05) is 18.0 Å². The number of piperidine rings is 1. The van der Waals surface area contributed by atoms with E-state index in [1.54, 1.807) is 11.3 Å². The van der Waals surface area contributed by atoms with E-state index < -0.39 is 0 Å². The summed E-state index contributed by atoms with van der Waals surface area (Å²) in [6.45, 7) is 2.05. The lowest BCUT2D eigenvalue weighted by Crippen LogP contribution is -2.33. The summed E-state index contributed by atoms with van der Waals surface area (Å²) in [4.78, 5) is 13.9. The molecule has 2 aromatic carbocycles. The molecule has 0 bridgehead atoms. The van der Waals surface area contributed by atoms with Gasteiger partial charge in [-0.05, 0) is 54.1 Å². The van der Waals surface area contributed by atoms with E-state index in [0.29, 0.717) is 17.2 Å².